The Hall–Kier alpha value is -0.730. The summed E-state index contributed by atoms with van der Waals surface area (Å²) < 4.78 is 10.4. The van der Waals surface area contributed by atoms with Gasteiger partial charge in [0.1, 0.15) is 5.75 Å². The molecule has 77 valence electrons. The molecule has 0 amide bonds. The number of alkyl halides is 1. The first-order valence-electron chi connectivity index (χ1n) is 4.45. The van der Waals surface area contributed by atoms with Crippen molar-refractivity contribution in [2.24, 2.45) is 0 Å². The predicted octanol–water partition coefficient (Wildman–Crippen LogP) is 2.65. The van der Waals surface area contributed by atoms with E-state index >= 15 is 0 Å². The molecule has 0 heterocycles. The molecule has 0 aliphatic carbocycles. The molecule has 0 saturated heterocycles. The van der Waals surface area contributed by atoms with E-state index in [0.717, 1.165) is 11.3 Å². The van der Waals surface area contributed by atoms with E-state index in [9.17, 15) is 0 Å². The lowest BCUT2D eigenvalue weighted by atomic mass is 10.2. The van der Waals surface area contributed by atoms with Crippen LogP contribution in [0.5, 0.6) is 5.75 Å². The molecule has 0 N–H and O–H groups in total. The Kier molecular flexibility index (Phi) is 5.42. The Bertz CT molecular complexity index is 246. The first-order chi connectivity index (χ1) is 6.86. The van der Waals surface area contributed by atoms with Gasteiger partial charge in [-0.15, -0.1) is 11.6 Å². The smallest absolute Gasteiger partial charge is 0.118 e. The molecule has 0 aromatic heterocycles. The lowest BCUT2D eigenvalue weighted by molar-refractivity contribution is 0.141. The van der Waals surface area contributed by atoms with E-state index in [2.05, 4.69) is 0 Å². The molecule has 0 spiro atoms. The molecular formula is C11H14ClO2. The van der Waals surface area contributed by atoms with E-state index in [1.54, 1.807) is 7.11 Å². The number of methoxy groups -OCH3 is 1. The van der Waals surface area contributed by atoms with Crippen LogP contribution in [0.2, 0.25) is 0 Å². The summed E-state index contributed by atoms with van der Waals surface area (Å²) in [5.74, 6) is 1.39. The fraction of sp³-hybridized carbons (Fsp3) is 0.364. The summed E-state index contributed by atoms with van der Waals surface area (Å²) >= 11 is 5.47. The average Bonchev–Trinajstić information content (AvgIpc) is 2.25. The monoisotopic (exact) mass is 213 g/mol. The summed E-state index contributed by atoms with van der Waals surface area (Å²) in [6.07, 6.45) is 1.88. The molecule has 0 fully saturated rings. The first-order valence-corrected chi connectivity index (χ1v) is 4.98. The van der Waals surface area contributed by atoms with Crippen molar-refractivity contribution in [3.63, 3.8) is 0 Å². The minimum atomic E-state index is 0.530. The lowest BCUT2D eigenvalue weighted by Crippen LogP contribution is -1.96. The van der Waals surface area contributed by atoms with Gasteiger partial charge in [0.2, 0.25) is 0 Å². The molecule has 1 aromatic rings. The van der Waals surface area contributed by atoms with Gasteiger partial charge < -0.3 is 9.47 Å². The lowest BCUT2D eigenvalue weighted by Gasteiger charge is -2.04. The molecule has 0 aliphatic heterocycles. The Morgan fingerprint density at radius 3 is 2.57 bits per heavy atom. The van der Waals surface area contributed by atoms with Gasteiger partial charge in [0.25, 0.3) is 0 Å². The van der Waals surface area contributed by atoms with Gasteiger partial charge in [0.05, 0.1) is 20.3 Å². The minimum Gasteiger partial charge on any atom is -0.497 e. The van der Waals surface area contributed by atoms with Crippen LogP contribution in [0.3, 0.4) is 0 Å². The number of benzene rings is 1. The van der Waals surface area contributed by atoms with Crippen molar-refractivity contribution in [3.05, 3.63) is 36.2 Å². The van der Waals surface area contributed by atoms with Crippen LogP contribution in [0, 0.1) is 6.42 Å². The highest BCUT2D eigenvalue weighted by molar-refractivity contribution is 6.18. The van der Waals surface area contributed by atoms with Crippen LogP contribution in [0.4, 0.5) is 0 Å². The zero-order chi connectivity index (χ0) is 10.2. The molecule has 0 unspecified atom stereocenters. The fourth-order valence-electron chi connectivity index (χ4n) is 1.03. The highest BCUT2D eigenvalue weighted by Gasteiger charge is 1.94. The Morgan fingerprint density at radius 1 is 1.29 bits per heavy atom. The summed E-state index contributed by atoms with van der Waals surface area (Å²) in [7, 11) is 1.65. The van der Waals surface area contributed by atoms with Gasteiger partial charge >= 0.3 is 0 Å². The number of halogens is 1. The standard InChI is InChI=1S/C11H14ClO2/c1-13-11-5-3-10(4-6-11)9-14-8-2-7-12/h2-6H,7-9H2,1H3. The quantitative estimate of drug-likeness (QED) is 0.534. The minimum absolute atomic E-state index is 0.530. The molecule has 0 saturated carbocycles. The van der Waals surface area contributed by atoms with Crippen LogP contribution in [-0.2, 0) is 11.3 Å². The highest BCUT2D eigenvalue weighted by atomic mass is 35.5. The van der Waals surface area contributed by atoms with E-state index in [-0.39, 0.29) is 0 Å². The maximum absolute atomic E-state index is 5.47. The van der Waals surface area contributed by atoms with Gasteiger partial charge in [-0.3, -0.25) is 0 Å². The number of rotatable bonds is 6. The normalized spacial score (nSPS) is 10.1. The van der Waals surface area contributed by atoms with Crippen molar-refractivity contribution >= 4 is 11.6 Å². The summed E-state index contributed by atoms with van der Waals surface area (Å²) in [5.41, 5.74) is 1.13. The van der Waals surface area contributed by atoms with Crippen LogP contribution < -0.4 is 4.74 Å². The zero-order valence-corrected chi connectivity index (χ0v) is 8.96. The van der Waals surface area contributed by atoms with Gasteiger partial charge in [-0.1, -0.05) is 12.1 Å². The molecule has 0 bridgehead atoms. The molecule has 1 aromatic carbocycles. The number of hydrogen-bond donors (Lipinski definition) is 0. The van der Waals surface area contributed by atoms with E-state index in [4.69, 9.17) is 21.1 Å². The van der Waals surface area contributed by atoms with Crippen LogP contribution in [-0.4, -0.2) is 19.6 Å². The second kappa shape index (κ2) is 6.68. The van der Waals surface area contributed by atoms with Gasteiger partial charge in [0, 0.05) is 12.3 Å². The summed E-state index contributed by atoms with van der Waals surface area (Å²) in [6.45, 7) is 1.20. The molecule has 2 nitrogen and oxygen atoms in total. The van der Waals surface area contributed by atoms with Gasteiger partial charge in [-0.2, -0.15) is 0 Å². The highest BCUT2D eigenvalue weighted by Crippen LogP contribution is 2.11. The van der Waals surface area contributed by atoms with Gasteiger partial charge in [-0.25, -0.2) is 0 Å². The maximum Gasteiger partial charge on any atom is 0.118 e. The summed E-state index contributed by atoms with van der Waals surface area (Å²) in [6, 6.07) is 7.81. The summed E-state index contributed by atoms with van der Waals surface area (Å²) in [4.78, 5) is 0. The van der Waals surface area contributed by atoms with Crippen molar-refractivity contribution in [2.45, 2.75) is 6.61 Å². The van der Waals surface area contributed by atoms with Crippen molar-refractivity contribution in [3.8, 4) is 5.75 Å². The maximum atomic E-state index is 5.47. The van der Waals surface area contributed by atoms with E-state index < -0.39 is 0 Å². The molecule has 0 aliphatic rings. The second-order valence-corrected chi connectivity index (χ2v) is 3.11. The summed E-state index contributed by atoms with van der Waals surface area (Å²) in [5, 5.41) is 0. The first kappa shape index (κ1) is 11.3. The Labute approximate surface area is 89.8 Å². The van der Waals surface area contributed by atoms with Gasteiger partial charge in [-0.05, 0) is 17.7 Å². The molecular weight excluding hydrogens is 200 g/mol. The van der Waals surface area contributed by atoms with Crippen LogP contribution in [0.1, 0.15) is 5.56 Å². The largest absolute Gasteiger partial charge is 0.497 e. The molecule has 3 heteroatoms. The second-order valence-electron chi connectivity index (χ2n) is 2.81. The van der Waals surface area contributed by atoms with Crippen LogP contribution in [0.25, 0.3) is 0 Å². The third-order valence-corrected chi connectivity index (χ3v) is 1.99. The molecule has 1 radical (unpaired) electrons. The zero-order valence-electron chi connectivity index (χ0n) is 8.20. The van der Waals surface area contributed by atoms with Crippen molar-refractivity contribution < 1.29 is 9.47 Å². The van der Waals surface area contributed by atoms with Crippen LogP contribution in [0.15, 0.2) is 24.3 Å². The molecule has 14 heavy (non-hydrogen) atoms. The van der Waals surface area contributed by atoms with Crippen molar-refractivity contribution in [1.29, 1.82) is 0 Å². The Balaban J connectivity index is 2.29. The van der Waals surface area contributed by atoms with E-state index in [0.29, 0.717) is 19.1 Å². The third-order valence-electron chi connectivity index (χ3n) is 1.77. The molecule has 0 atom stereocenters. The Morgan fingerprint density at radius 2 is 2.00 bits per heavy atom. The van der Waals surface area contributed by atoms with Crippen LogP contribution >= 0.6 is 11.6 Å². The number of hydrogen-bond acceptors (Lipinski definition) is 2. The van der Waals surface area contributed by atoms with Gasteiger partial charge in [0.15, 0.2) is 0 Å². The van der Waals surface area contributed by atoms with Crippen molar-refractivity contribution in [2.75, 3.05) is 19.6 Å². The number of ether oxygens (including phenoxy) is 2. The van der Waals surface area contributed by atoms with E-state index in [1.165, 1.54) is 0 Å². The SMILES string of the molecule is COc1ccc(COC[CH]CCl)cc1. The fourth-order valence-corrected chi connectivity index (χ4v) is 1.12. The van der Waals surface area contributed by atoms with Crippen molar-refractivity contribution in [1.82, 2.24) is 0 Å². The molecule has 1 rings (SSSR count). The van der Waals surface area contributed by atoms with E-state index in [1.807, 2.05) is 30.7 Å². The topological polar surface area (TPSA) is 18.5 Å². The average molecular weight is 214 g/mol. The predicted molar refractivity (Wildman–Crippen MR) is 57.7 cm³/mol. The third kappa shape index (κ3) is 3.99.